The fraction of sp³-hybridized carbons (Fsp3) is 0.273. The Morgan fingerprint density at radius 3 is 2.53 bits per heavy atom. The first-order valence-electron chi connectivity index (χ1n) is 9.69. The Morgan fingerprint density at radius 1 is 1.10 bits per heavy atom. The van der Waals surface area contributed by atoms with Crippen LogP contribution >= 0.6 is 0 Å². The Labute approximate surface area is 174 Å². The number of benzene rings is 2. The molecule has 3 rings (SSSR count). The van der Waals surface area contributed by atoms with E-state index in [0.717, 1.165) is 4.90 Å². The highest BCUT2D eigenvalue weighted by Gasteiger charge is 2.28. The van der Waals surface area contributed by atoms with Gasteiger partial charge in [0, 0.05) is 24.1 Å². The topological polar surface area (TPSA) is 105 Å². The molecule has 1 saturated heterocycles. The summed E-state index contributed by atoms with van der Waals surface area (Å²) in [5, 5.41) is 5.21. The van der Waals surface area contributed by atoms with E-state index in [4.69, 9.17) is 4.74 Å². The smallest absolute Gasteiger partial charge is 0.324 e. The second-order valence-electron chi connectivity index (χ2n) is 6.77. The second-order valence-corrected chi connectivity index (χ2v) is 6.77. The molecule has 0 radical (unpaired) electrons. The Hall–Kier alpha value is -3.68. The zero-order valence-corrected chi connectivity index (χ0v) is 16.6. The van der Waals surface area contributed by atoms with Crippen molar-refractivity contribution in [2.24, 2.45) is 0 Å². The molecule has 2 aromatic rings. The number of hydrogen-bond acceptors (Lipinski definition) is 5. The molecule has 0 spiro atoms. The molecule has 0 saturated carbocycles. The number of nitrogens with zero attached hydrogens (tertiary/aromatic N) is 1. The number of ketones is 1. The fourth-order valence-electron chi connectivity index (χ4n) is 3.04. The molecule has 0 aromatic heterocycles. The lowest BCUT2D eigenvalue weighted by molar-refractivity contribution is -0.125. The van der Waals surface area contributed by atoms with Gasteiger partial charge in [-0.3, -0.25) is 19.3 Å². The molecule has 1 heterocycles. The van der Waals surface area contributed by atoms with Crippen LogP contribution in [0.15, 0.2) is 48.5 Å². The summed E-state index contributed by atoms with van der Waals surface area (Å²) >= 11 is 0. The molecule has 0 bridgehead atoms. The minimum atomic E-state index is -0.428. The Morgan fingerprint density at radius 2 is 1.87 bits per heavy atom. The van der Waals surface area contributed by atoms with Crippen molar-refractivity contribution in [2.45, 2.75) is 26.3 Å². The van der Waals surface area contributed by atoms with E-state index in [2.05, 4.69) is 10.6 Å². The standard InChI is InChI=1S/C22H23N3O5/c1-2-30-18-8-6-16(7-9-18)19(26)10-11-20(27)24-17-5-3-4-15(12-17)14-25-21(28)13-23-22(25)29/h3-9,12H,2,10-11,13-14H2,1H3,(H,23,29)(H,24,27). The number of carbonyl (C=O) groups excluding carboxylic acids is 4. The summed E-state index contributed by atoms with van der Waals surface area (Å²) in [5.41, 5.74) is 1.78. The van der Waals surface area contributed by atoms with Crippen molar-refractivity contribution in [2.75, 3.05) is 18.5 Å². The first-order valence-corrected chi connectivity index (χ1v) is 9.69. The molecule has 30 heavy (non-hydrogen) atoms. The molecule has 1 aliphatic rings. The van der Waals surface area contributed by atoms with Crippen molar-refractivity contribution in [3.8, 4) is 5.75 Å². The Balaban J connectivity index is 1.51. The van der Waals surface area contributed by atoms with Gasteiger partial charge in [-0.15, -0.1) is 0 Å². The van der Waals surface area contributed by atoms with Gasteiger partial charge in [-0.25, -0.2) is 4.79 Å². The van der Waals surface area contributed by atoms with Crippen LogP contribution in [-0.4, -0.2) is 41.7 Å². The molecule has 0 atom stereocenters. The lowest BCUT2D eigenvalue weighted by Gasteiger charge is -2.13. The van der Waals surface area contributed by atoms with E-state index in [1.807, 2.05) is 6.92 Å². The van der Waals surface area contributed by atoms with Crippen LogP contribution in [0.3, 0.4) is 0 Å². The molecule has 0 unspecified atom stereocenters. The first kappa shape index (κ1) is 21.0. The number of urea groups is 1. The lowest BCUT2D eigenvalue weighted by atomic mass is 10.1. The summed E-state index contributed by atoms with van der Waals surface area (Å²) < 4.78 is 5.35. The first-order chi connectivity index (χ1) is 14.5. The number of imide groups is 1. The van der Waals surface area contributed by atoms with Gasteiger partial charge in [0.15, 0.2) is 5.78 Å². The van der Waals surface area contributed by atoms with E-state index >= 15 is 0 Å². The summed E-state index contributed by atoms with van der Waals surface area (Å²) in [6.45, 7) is 2.56. The maximum atomic E-state index is 12.3. The molecule has 2 N–H and O–H groups in total. The minimum Gasteiger partial charge on any atom is -0.494 e. The van der Waals surface area contributed by atoms with Crippen LogP contribution in [0, 0.1) is 0 Å². The highest BCUT2D eigenvalue weighted by molar-refractivity contribution is 6.02. The molecule has 1 fully saturated rings. The third-order valence-corrected chi connectivity index (χ3v) is 4.55. The van der Waals surface area contributed by atoms with Crippen molar-refractivity contribution in [1.82, 2.24) is 10.2 Å². The van der Waals surface area contributed by atoms with E-state index in [-0.39, 0.29) is 43.5 Å². The lowest BCUT2D eigenvalue weighted by Crippen LogP contribution is -2.30. The van der Waals surface area contributed by atoms with Crippen molar-refractivity contribution in [3.05, 3.63) is 59.7 Å². The van der Waals surface area contributed by atoms with Gasteiger partial charge >= 0.3 is 6.03 Å². The largest absolute Gasteiger partial charge is 0.494 e. The van der Waals surface area contributed by atoms with Gasteiger partial charge in [0.1, 0.15) is 5.75 Å². The molecular weight excluding hydrogens is 386 g/mol. The van der Waals surface area contributed by atoms with E-state index in [1.165, 1.54) is 0 Å². The second kappa shape index (κ2) is 9.69. The number of amides is 4. The predicted molar refractivity (Wildman–Crippen MR) is 110 cm³/mol. The van der Waals surface area contributed by atoms with Crippen LogP contribution in [0.2, 0.25) is 0 Å². The minimum absolute atomic E-state index is 0.00234. The van der Waals surface area contributed by atoms with Crippen molar-refractivity contribution in [3.63, 3.8) is 0 Å². The summed E-state index contributed by atoms with van der Waals surface area (Å²) in [6, 6.07) is 13.3. The number of rotatable bonds is 9. The summed E-state index contributed by atoms with van der Waals surface area (Å²) in [7, 11) is 0. The average molecular weight is 409 g/mol. The number of anilines is 1. The predicted octanol–water partition coefficient (Wildman–Crippen LogP) is 2.74. The van der Waals surface area contributed by atoms with E-state index in [1.54, 1.807) is 48.5 Å². The third kappa shape index (κ3) is 5.44. The van der Waals surface area contributed by atoms with Crippen molar-refractivity contribution < 1.29 is 23.9 Å². The summed E-state index contributed by atoms with van der Waals surface area (Å²) in [6.07, 6.45) is 0.130. The van der Waals surface area contributed by atoms with Gasteiger partial charge < -0.3 is 15.4 Å². The van der Waals surface area contributed by atoms with Gasteiger partial charge in [-0.1, -0.05) is 12.1 Å². The molecule has 2 aromatic carbocycles. The van der Waals surface area contributed by atoms with Gasteiger partial charge in [0.2, 0.25) is 11.8 Å². The normalized spacial score (nSPS) is 13.2. The number of carbonyl (C=O) groups is 4. The van der Waals surface area contributed by atoms with Crippen LogP contribution in [-0.2, 0) is 16.1 Å². The SMILES string of the molecule is CCOc1ccc(C(=O)CCC(=O)Nc2cccc(CN3C(=O)CNC3=O)c2)cc1. The molecule has 4 amide bonds. The molecule has 1 aliphatic heterocycles. The third-order valence-electron chi connectivity index (χ3n) is 4.55. The monoisotopic (exact) mass is 409 g/mol. The highest BCUT2D eigenvalue weighted by Crippen LogP contribution is 2.16. The number of hydrogen-bond donors (Lipinski definition) is 2. The van der Waals surface area contributed by atoms with Gasteiger partial charge in [0.05, 0.1) is 19.7 Å². The van der Waals surface area contributed by atoms with Gasteiger partial charge in [0.25, 0.3) is 0 Å². The molecule has 8 heteroatoms. The Bertz CT molecular complexity index is 940. The fourth-order valence-corrected chi connectivity index (χ4v) is 3.04. The van der Waals surface area contributed by atoms with E-state index < -0.39 is 6.03 Å². The van der Waals surface area contributed by atoms with E-state index in [0.29, 0.717) is 29.2 Å². The van der Waals surface area contributed by atoms with Crippen LogP contribution in [0.25, 0.3) is 0 Å². The summed E-state index contributed by atoms with van der Waals surface area (Å²) in [4.78, 5) is 49.0. The summed E-state index contributed by atoms with van der Waals surface area (Å²) in [5.74, 6) is -0.0102. The van der Waals surface area contributed by atoms with E-state index in [9.17, 15) is 19.2 Å². The van der Waals surface area contributed by atoms with Gasteiger partial charge in [-0.05, 0) is 48.9 Å². The van der Waals surface area contributed by atoms with Crippen molar-refractivity contribution >= 4 is 29.3 Å². The van der Waals surface area contributed by atoms with Crippen molar-refractivity contribution in [1.29, 1.82) is 0 Å². The molecule has 0 aliphatic carbocycles. The maximum absolute atomic E-state index is 12.3. The van der Waals surface area contributed by atoms with Crippen LogP contribution in [0.4, 0.5) is 10.5 Å². The average Bonchev–Trinajstić information content (AvgIpc) is 3.05. The van der Waals surface area contributed by atoms with Crippen LogP contribution in [0.1, 0.15) is 35.7 Å². The van der Waals surface area contributed by atoms with Gasteiger partial charge in [-0.2, -0.15) is 0 Å². The number of nitrogens with one attached hydrogen (secondary N) is 2. The molecule has 8 nitrogen and oxygen atoms in total. The number of Topliss-reactive ketones (excluding diaryl/α,β-unsaturated/α-hetero) is 1. The highest BCUT2D eigenvalue weighted by atomic mass is 16.5. The molecular formula is C22H23N3O5. The van der Waals surface area contributed by atoms with Crippen LogP contribution < -0.4 is 15.4 Å². The zero-order chi connectivity index (χ0) is 21.5. The Kier molecular flexibility index (Phi) is 6.79. The molecule has 156 valence electrons. The zero-order valence-electron chi connectivity index (χ0n) is 16.6. The quantitative estimate of drug-likeness (QED) is 0.489. The maximum Gasteiger partial charge on any atom is 0.324 e. The van der Waals surface area contributed by atoms with Crippen LogP contribution in [0.5, 0.6) is 5.75 Å². The number of ether oxygens (including phenoxy) is 1.